The van der Waals surface area contributed by atoms with Crippen LogP contribution in [-0.4, -0.2) is 91.9 Å². The Morgan fingerprint density at radius 3 is 2.77 bits per heavy atom. The Hall–Kier alpha value is -4.97. The van der Waals surface area contributed by atoms with Crippen LogP contribution in [0.15, 0.2) is 41.2 Å². The van der Waals surface area contributed by atoms with Gasteiger partial charge in [-0.3, -0.25) is 14.9 Å². The van der Waals surface area contributed by atoms with Crippen LogP contribution in [0.4, 0.5) is 5.69 Å². The first-order chi connectivity index (χ1) is 25.3. The van der Waals surface area contributed by atoms with Crippen LogP contribution < -0.4 is 16.0 Å². The summed E-state index contributed by atoms with van der Waals surface area (Å²) in [5.74, 6) is 2.25. The lowest BCUT2D eigenvalue weighted by molar-refractivity contribution is 0.101. The molecule has 2 aliphatic carbocycles. The SMILES string of the molecule is C[C@H](Oc1cc(-n2ccc(C3=CN([C@H]4CCOC4)NN3C)n2)nc(-c2noc3c2CCC[C@@]32CCCc3ccc(N)c(C#N)c32)n1)[C@@H]1CCCN1C. The van der Waals surface area contributed by atoms with Crippen molar-refractivity contribution in [3.63, 3.8) is 0 Å². The summed E-state index contributed by atoms with van der Waals surface area (Å²) >= 11 is 0. The second-order valence-corrected chi connectivity index (χ2v) is 14.9. The number of ether oxygens (including phenoxy) is 2. The number of aryl methyl sites for hydroxylation is 1. The fourth-order valence-corrected chi connectivity index (χ4v) is 9.22. The molecule has 2 saturated heterocycles. The Kier molecular flexibility index (Phi) is 8.17. The third kappa shape index (κ3) is 5.41. The van der Waals surface area contributed by atoms with Gasteiger partial charge in [-0.2, -0.15) is 15.3 Å². The highest BCUT2D eigenvalue weighted by Gasteiger charge is 2.48. The summed E-state index contributed by atoms with van der Waals surface area (Å²) in [4.78, 5) is 12.4. The number of nitrogens with one attached hydrogen (secondary N) is 1. The van der Waals surface area contributed by atoms with E-state index in [1.807, 2.05) is 36.5 Å². The van der Waals surface area contributed by atoms with Gasteiger partial charge >= 0.3 is 0 Å². The van der Waals surface area contributed by atoms with Crippen LogP contribution in [0.1, 0.15) is 85.6 Å². The van der Waals surface area contributed by atoms with E-state index >= 15 is 0 Å². The number of aromatic nitrogens is 5. The molecule has 0 bridgehead atoms. The lowest BCUT2D eigenvalue weighted by Crippen LogP contribution is -2.44. The Labute approximate surface area is 303 Å². The summed E-state index contributed by atoms with van der Waals surface area (Å²) in [7, 11) is 4.13. The Morgan fingerprint density at radius 1 is 1.12 bits per heavy atom. The molecule has 0 amide bonds. The summed E-state index contributed by atoms with van der Waals surface area (Å²) in [6.07, 6.45) is 12.4. The number of nitrogen functional groups attached to an aromatic ring is 1. The maximum absolute atomic E-state index is 10.3. The summed E-state index contributed by atoms with van der Waals surface area (Å²) in [6, 6.07) is 10.7. The van der Waals surface area contributed by atoms with Crippen LogP contribution in [0, 0.1) is 11.3 Å². The van der Waals surface area contributed by atoms with Gasteiger partial charge in [0.15, 0.2) is 23.1 Å². The lowest BCUT2D eigenvalue weighted by Gasteiger charge is -2.41. The minimum absolute atomic E-state index is 0.0895. The summed E-state index contributed by atoms with van der Waals surface area (Å²) < 4.78 is 20.3. The van der Waals surface area contributed by atoms with Gasteiger partial charge in [0, 0.05) is 49.4 Å². The molecule has 0 saturated carbocycles. The topological polar surface area (TPSA) is 160 Å². The van der Waals surface area contributed by atoms with Crippen molar-refractivity contribution in [3.8, 4) is 29.3 Å². The highest BCUT2D eigenvalue weighted by Crippen LogP contribution is 2.53. The van der Waals surface area contributed by atoms with Crippen LogP contribution >= 0.6 is 0 Å². The number of rotatable bonds is 7. The van der Waals surface area contributed by atoms with Gasteiger partial charge in [0.25, 0.3) is 0 Å². The van der Waals surface area contributed by atoms with E-state index in [-0.39, 0.29) is 18.2 Å². The van der Waals surface area contributed by atoms with Gasteiger partial charge in [0.2, 0.25) is 5.88 Å². The molecule has 1 aromatic carbocycles. The first kappa shape index (κ1) is 32.9. The molecule has 4 atom stereocenters. The van der Waals surface area contributed by atoms with E-state index in [0.29, 0.717) is 41.1 Å². The molecule has 3 N–H and O–H groups in total. The predicted molar refractivity (Wildman–Crippen MR) is 193 cm³/mol. The van der Waals surface area contributed by atoms with Crippen molar-refractivity contribution < 1.29 is 14.0 Å². The molecule has 5 aliphatic rings. The normalized spacial score (nSPS) is 24.9. The molecule has 3 aromatic heterocycles. The van der Waals surface area contributed by atoms with Gasteiger partial charge in [-0.15, -0.1) is 5.53 Å². The van der Waals surface area contributed by atoms with E-state index < -0.39 is 5.41 Å². The number of nitrogens with zero attached hydrogens (tertiary/aromatic N) is 9. The molecule has 1 spiro atoms. The molecule has 6 heterocycles. The van der Waals surface area contributed by atoms with Crippen LogP contribution in [0.3, 0.4) is 0 Å². The van der Waals surface area contributed by atoms with Crippen molar-refractivity contribution in [2.75, 3.05) is 39.6 Å². The van der Waals surface area contributed by atoms with Gasteiger partial charge in [0.1, 0.15) is 17.9 Å². The zero-order chi connectivity index (χ0) is 35.6. The van der Waals surface area contributed by atoms with Crippen LogP contribution in [-0.2, 0) is 23.0 Å². The van der Waals surface area contributed by atoms with Gasteiger partial charge in [0.05, 0.1) is 29.3 Å². The van der Waals surface area contributed by atoms with Crippen molar-refractivity contribution in [3.05, 3.63) is 70.4 Å². The van der Waals surface area contributed by atoms with Gasteiger partial charge in [-0.25, -0.2) is 9.67 Å². The average molecular weight is 704 g/mol. The minimum Gasteiger partial charge on any atom is -0.473 e. The Balaban J connectivity index is 1.12. The molecule has 4 aromatic rings. The van der Waals surface area contributed by atoms with Crippen molar-refractivity contribution in [1.29, 1.82) is 5.26 Å². The quantitative estimate of drug-likeness (QED) is 0.262. The fraction of sp³-hybridized carbons (Fsp3) is 0.500. The number of nitriles is 1. The molecule has 0 unspecified atom stereocenters. The molecular weight excluding hydrogens is 658 g/mol. The third-order valence-corrected chi connectivity index (χ3v) is 11.8. The fourth-order valence-electron chi connectivity index (χ4n) is 9.22. The smallest absolute Gasteiger partial charge is 0.219 e. The zero-order valence-electron chi connectivity index (χ0n) is 30.0. The first-order valence-corrected chi connectivity index (χ1v) is 18.5. The number of likely N-dealkylation sites (tertiary alicyclic amines) is 1. The molecule has 52 heavy (non-hydrogen) atoms. The molecule has 14 nitrogen and oxygen atoms in total. The maximum Gasteiger partial charge on any atom is 0.219 e. The standard InChI is InChI=1S/C38H45N11O3/c1-23(30-9-6-16-46(30)2)51-33-19-32(48-17-12-29(43-48)31-21-49(45-47(31)3)25-13-18-50-22-25)41-37(42-33)35-26-8-5-15-38(36(26)52-44-35)14-4-7-24-10-11-28(40)27(20-39)34(24)38/h10-12,17,19,21,23,25,30,45H,4-9,13-16,18,22,40H2,1-3H3/t23-,25-,30-,38+/m0/s1. The first-order valence-electron chi connectivity index (χ1n) is 18.5. The number of hydrogen-bond acceptors (Lipinski definition) is 13. The molecule has 14 heteroatoms. The summed E-state index contributed by atoms with van der Waals surface area (Å²) in [5.41, 5.74) is 15.9. The van der Waals surface area contributed by atoms with Crippen LogP contribution in [0.25, 0.3) is 23.0 Å². The second-order valence-electron chi connectivity index (χ2n) is 14.9. The van der Waals surface area contributed by atoms with Crippen molar-refractivity contribution >= 4 is 11.4 Å². The number of nitrogens with two attached hydrogens (primary N) is 1. The number of anilines is 1. The molecule has 270 valence electrons. The number of hydrogen-bond donors (Lipinski definition) is 2. The largest absolute Gasteiger partial charge is 0.473 e. The highest BCUT2D eigenvalue weighted by molar-refractivity contribution is 5.67. The van der Waals surface area contributed by atoms with Crippen molar-refractivity contribution in [2.45, 2.75) is 88.3 Å². The van der Waals surface area contributed by atoms with E-state index in [0.717, 1.165) is 105 Å². The van der Waals surface area contributed by atoms with E-state index in [9.17, 15) is 5.26 Å². The predicted octanol–water partition coefficient (Wildman–Crippen LogP) is 4.35. The highest BCUT2D eigenvalue weighted by atomic mass is 16.5. The molecule has 0 radical (unpaired) electrons. The minimum atomic E-state index is -0.476. The number of benzene rings is 1. The van der Waals surface area contributed by atoms with E-state index in [2.05, 4.69) is 52.9 Å². The number of hydrazine groups is 2. The van der Waals surface area contributed by atoms with Gasteiger partial charge in [-0.05, 0) is 102 Å². The van der Waals surface area contributed by atoms with Crippen molar-refractivity contribution in [2.24, 2.45) is 0 Å². The Morgan fingerprint density at radius 2 is 1.98 bits per heavy atom. The molecule has 2 fully saturated rings. The maximum atomic E-state index is 10.3. The van der Waals surface area contributed by atoms with E-state index in [1.54, 1.807) is 4.68 Å². The monoisotopic (exact) mass is 703 g/mol. The van der Waals surface area contributed by atoms with Gasteiger partial charge < -0.3 is 19.7 Å². The number of fused-ring (bicyclic) bond motifs is 4. The van der Waals surface area contributed by atoms with Gasteiger partial charge in [-0.1, -0.05) is 11.2 Å². The average Bonchev–Trinajstić information content (AvgIpc) is 3.99. The lowest BCUT2D eigenvalue weighted by atomic mass is 9.61. The Bertz CT molecular complexity index is 2070. The van der Waals surface area contributed by atoms with E-state index in [1.165, 1.54) is 0 Å². The summed E-state index contributed by atoms with van der Waals surface area (Å²) in [6.45, 7) is 4.61. The third-order valence-electron chi connectivity index (χ3n) is 11.8. The molecule has 9 rings (SSSR count). The molecular formula is C38H45N11O3. The van der Waals surface area contributed by atoms with E-state index in [4.69, 9.17) is 34.8 Å². The van der Waals surface area contributed by atoms with Crippen LogP contribution in [0.2, 0.25) is 0 Å². The summed E-state index contributed by atoms with van der Waals surface area (Å²) in [5, 5.41) is 24.0. The zero-order valence-corrected chi connectivity index (χ0v) is 30.0. The van der Waals surface area contributed by atoms with Crippen molar-refractivity contribution in [1.82, 2.24) is 45.4 Å². The van der Waals surface area contributed by atoms with Crippen LogP contribution in [0.5, 0.6) is 5.88 Å². The second kappa shape index (κ2) is 12.9. The number of likely N-dealkylation sites (N-methyl/N-ethyl adjacent to an activating group) is 1. The molecule has 3 aliphatic heterocycles.